The molecule has 1 atom stereocenters. The van der Waals surface area contributed by atoms with Crippen molar-refractivity contribution in [2.45, 2.75) is 12.6 Å². The number of esters is 1. The van der Waals surface area contributed by atoms with Gasteiger partial charge in [-0.3, -0.25) is 0 Å². The van der Waals surface area contributed by atoms with Crippen LogP contribution >= 0.6 is 0 Å². The fraction of sp³-hybridized carbons (Fsp3) is 0.500. The maximum absolute atomic E-state index is 12.3. The molecule has 0 amide bonds. The van der Waals surface area contributed by atoms with Gasteiger partial charge >= 0.3 is 5.97 Å². The molecule has 0 heterocycles. The lowest BCUT2D eigenvalue weighted by atomic mass is 10.3. The molecular weight excluding hydrogens is 123 g/mol. The predicted molar refractivity (Wildman–Crippen MR) is 31.7 cm³/mol. The Morgan fingerprint density at radius 3 is 2.89 bits per heavy atom. The molecule has 0 aliphatic carbocycles. The largest absolute Gasteiger partial charge is 0.467 e. The van der Waals surface area contributed by atoms with Crippen molar-refractivity contribution < 1.29 is 13.9 Å². The number of alkyl halides is 1. The minimum absolute atomic E-state index is 0.0205. The zero-order chi connectivity index (χ0) is 7.28. The summed E-state index contributed by atoms with van der Waals surface area (Å²) in [5.41, 5.74) is 0. The number of methoxy groups -OCH3 is 1. The maximum Gasteiger partial charge on any atom is 0.340 e. The van der Waals surface area contributed by atoms with Crippen LogP contribution in [0, 0.1) is 0 Å². The van der Waals surface area contributed by atoms with Crippen LogP contribution in [0.5, 0.6) is 0 Å². The van der Waals surface area contributed by atoms with E-state index in [-0.39, 0.29) is 6.42 Å². The first kappa shape index (κ1) is 8.14. The summed E-state index contributed by atoms with van der Waals surface area (Å²) in [6.45, 7) is 3.27. The van der Waals surface area contributed by atoms with Crippen LogP contribution < -0.4 is 0 Å². The van der Waals surface area contributed by atoms with Crippen molar-refractivity contribution in [2.75, 3.05) is 7.11 Å². The lowest BCUT2D eigenvalue weighted by molar-refractivity contribution is -0.146. The van der Waals surface area contributed by atoms with E-state index in [1.165, 1.54) is 6.08 Å². The second-order valence-corrected chi connectivity index (χ2v) is 1.52. The number of carbonyl (C=O) groups is 1. The SMILES string of the molecule is C=CCC(F)C(=O)OC. The average molecular weight is 132 g/mol. The molecule has 0 saturated heterocycles. The van der Waals surface area contributed by atoms with E-state index in [0.717, 1.165) is 7.11 Å². The Bertz CT molecular complexity index is 112. The number of ether oxygens (including phenoxy) is 1. The van der Waals surface area contributed by atoms with Gasteiger partial charge in [0, 0.05) is 6.42 Å². The van der Waals surface area contributed by atoms with Gasteiger partial charge in [-0.05, 0) is 0 Å². The summed E-state index contributed by atoms with van der Waals surface area (Å²) in [5, 5.41) is 0. The smallest absolute Gasteiger partial charge is 0.340 e. The molecule has 0 aromatic rings. The van der Waals surface area contributed by atoms with Gasteiger partial charge in [0.2, 0.25) is 6.17 Å². The van der Waals surface area contributed by atoms with Crippen LogP contribution in [0.3, 0.4) is 0 Å². The van der Waals surface area contributed by atoms with Crippen LogP contribution in [0.4, 0.5) is 4.39 Å². The van der Waals surface area contributed by atoms with Crippen molar-refractivity contribution in [1.29, 1.82) is 0 Å². The molecule has 0 aliphatic heterocycles. The molecule has 0 saturated carbocycles. The van der Waals surface area contributed by atoms with Crippen LogP contribution in [0.2, 0.25) is 0 Å². The van der Waals surface area contributed by atoms with Crippen LogP contribution in [-0.4, -0.2) is 19.3 Å². The number of carbonyl (C=O) groups excluding carboxylic acids is 1. The highest BCUT2D eigenvalue weighted by Crippen LogP contribution is 1.99. The third kappa shape index (κ3) is 2.85. The van der Waals surface area contributed by atoms with E-state index in [2.05, 4.69) is 11.3 Å². The number of rotatable bonds is 3. The molecule has 0 fully saturated rings. The van der Waals surface area contributed by atoms with E-state index in [1.807, 2.05) is 0 Å². The molecule has 0 bridgehead atoms. The van der Waals surface area contributed by atoms with Crippen molar-refractivity contribution >= 4 is 5.97 Å². The molecule has 0 aliphatic rings. The first-order valence-corrected chi connectivity index (χ1v) is 2.55. The summed E-state index contributed by atoms with van der Waals surface area (Å²) >= 11 is 0. The molecule has 0 spiro atoms. The highest BCUT2D eigenvalue weighted by atomic mass is 19.1. The van der Waals surface area contributed by atoms with Gasteiger partial charge < -0.3 is 4.74 Å². The van der Waals surface area contributed by atoms with E-state index >= 15 is 0 Å². The van der Waals surface area contributed by atoms with Gasteiger partial charge in [0.15, 0.2) is 0 Å². The summed E-state index contributed by atoms with van der Waals surface area (Å²) < 4.78 is 16.4. The van der Waals surface area contributed by atoms with E-state index in [1.54, 1.807) is 0 Å². The van der Waals surface area contributed by atoms with Crippen LogP contribution in [0.1, 0.15) is 6.42 Å². The molecule has 0 radical (unpaired) electrons. The van der Waals surface area contributed by atoms with Crippen LogP contribution in [-0.2, 0) is 9.53 Å². The van der Waals surface area contributed by atoms with Crippen molar-refractivity contribution in [2.24, 2.45) is 0 Å². The molecule has 0 rings (SSSR count). The summed E-state index contributed by atoms with van der Waals surface area (Å²) in [4.78, 5) is 10.3. The summed E-state index contributed by atoms with van der Waals surface area (Å²) in [7, 11) is 1.15. The average Bonchev–Trinajstić information content (AvgIpc) is 1.87. The number of hydrogen-bond donors (Lipinski definition) is 0. The van der Waals surface area contributed by atoms with Crippen LogP contribution in [0.15, 0.2) is 12.7 Å². The molecular formula is C6H9FO2. The third-order valence-electron chi connectivity index (χ3n) is 0.831. The second-order valence-electron chi connectivity index (χ2n) is 1.52. The van der Waals surface area contributed by atoms with E-state index in [9.17, 15) is 9.18 Å². The Balaban J connectivity index is 3.58. The quantitative estimate of drug-likeness (QED) is 0.424. The van der Waals surface area contributed by atoms with Crippen molar-refractivity contribution in [3.8, 4) is 0 Å². The molecule has 9 heavy (non-hydrogen) atoms. The molecule has 52 valence electrons. The number of halogens is 1. The fourth-order valence-electron chi connectivity index (χ4n) is 0.370. The zero-order valence-electron chi connectivity index (χ0n) is 5.26. The Kier molecular flexibility index (Phi) is 3.67. The normalized spacial score (nSPS) is 12.2. The van der Waals surface area contributed by atoms with Crippen LogP contribution in [0.25, 0.3) is 0 Å². The van der Waals surface area contributed by atoms with E-state index in [0.29, 0.717) is 0 Å². The van der Waals surface area contributed by atoms with Gasteiger partial charge in [-0.2, -0.15) is 0 Å². The summed E-state index contributed by atoms with van der Waals surface area (Å²) in [6.07, 6.45) is -0.193. The van der Waals surface area contributed by atoms with Gasteiger partial charge in [0.1, 0.15) is 0 Å². The molecule has 0 N–H and O–H groups in total. The van der Waals surface area contributed by atoms with Gasteiger partial charge in [-0.15, -0.1) is 6.58 Å². The summed E-state index contributed by atoms with van der Waals surface area (Å²) in [5.74, 6) is -0.838. The molecule has 2 nitrogen and oxygen atoms in total. The molecule has 0 aromatic carbocycles. The predicted octanol–water partition coefficient (Wildman–Crippen LogP) is 1.07. The lowest BCUT2D eigenvalue weighted by Crippen LogP contribution is -2.15. The highest BCUT2D eigenvalue weighted by molar-refractivity contribution is 5.74. The van der Waals surface area contributed by atoms with Crippen molar-refractivity contribution in [3.05, 3.63) is 12.7 Å². The fourth-order valence-corrected chi connectivity index (χ4v) is 0.370. The third-order valence-corrected chi connectivity index (χ3v) is 0.831. The first-order chi connectivity index (χ1) is 4.22. The zero-order valence-corrected chi connectivity index (χ0v) is 5.26. The Hall–Kier alpha value is -0.860. The number of hydrogen-bond acceptors (Lipinski definition) is 2. The standard InChI is InChI=1S/C6H9FO2/c1-3-4-5(7)6(8)9-2/h3,5H,1,4H2,2H3. The minimum Gasteiger partial charge on any atom is -0.467 e. The number of allylic oxidation sites excluding steroid dienone is 1. The Morgan fingerprint density at radius 1 is 2.00 bits per heavy atom. The Labute approximate surface area is 53.3 Å². The molecule has 1 unspecified atom stereocenters. The van der Waals surface area contributed by atoms with Gasteiger partial charge in [0.05, 0.1) is 7.11 Å². The monoisotopic (exact) mass is 132 g/mol. The molecule has 0 aromatic heterocycles. The lowest BCUT2D eigenvalue weighted by Gasteiger charge is -2.00. The van der Waals surface area contributed by atoms with Gasteiger partial charge in [-0.25, -0.2) is 9.18 Å². The van der Waals surface area contributed by atoms with Crippen molar-refractivity contribution in [3.63, 3.8) is 0 Å². The highest BCUT2D eigenvalue weighted by Gasteiger charge is 2.14. The first-order valence-electron chi connectivity index (χ1n) is 2.55. The van der Waals surface area contributed by atoms with Gasteiger partial charge in [0.25, 0.3) is 0 Å². The maximum atomic E-state index is 12.3. The summed E-state index contributed by atoms with van der Waals surface area (Å²) in [6, 6.07) is 0. The minimum atomic E-state index is -1.55. The Morgan fingerprint density at radius 2 is 2.56 bits per heavy atom. The second kappa shape index (κ2) is 4.06. The van der Waals surface area contributed by atoms with Gasteiger partial charge in [-0.1, -0.05) is 6.08 Å². The molecule has 3 heteroatoms. The van der Waals surface area contributed by atoms with Crippen molar-refractivity contribution in [1.82, 2.24) is 0 Å². The van der Waals surface area contributed by atoms with E-state index in [4.69, 9.17) is 0 Å². The topological polar surface area (TPSA) is 26.3 Å². The van der Waals surface area contributed by atoms with E-state index < -0.39 is 12.1 Å².